The number of fused-ring (bicyclic) bond motifs is 1. The number of hydrogen-bond donors (Lipinski definition) is 1. The van der Waals surface area contributed by atoms with E-state index in [1.807, 2.05) is 12.1 Å². The highest BCUT2D eigenvalue weighted by Gasteiger charge is 2.19. The molecule has 0 spiro atoms. The molecule has 0 amide bonds. The second kappa shape index (κ2) is 4.00. The van der Waals surface area contributed by atoms with E-state index in [4.69, 9.17) is 11.6 Å². The number of aromatic hydroxyl groups is 1. The highest BCUT2D eigenvalue weighted by atomic mass is 35.5. The summed E-state index contributed by atoms with van der Waals surface area (Å²) in [6.45, 7) is 0. The molecule has 0 atom stereocenters. The van der Waals surface area contributed by atoms with Gasteiger partial charge in [0.05, 0.1) is 5.69 Å². The third kappa shape index (κ3) is 1.87. The Morgan fingerprint density at radius 3 is 2.88 bits per heavy atom. The van der Waals surface area contributed by atoms with Gasteiger partial charge in [-0.3, -0.25) is 0 Å². The molecule has 0 saturated heterocycles. The normalized spacial score (nSPS) is 13.7. The van der Waals surface area contributed by atoms with Gasteiger partial charge in [-0.15, -0.1) is 0 Å². The molecular weight excluding hydrogens is 236 g/mol. The van der Waals surface area contributed by atoms with Crippen molar-refractivity contribution in [3.63, 3.8) is 0 Å². The first kappa shape index (κ1) is 10.5. The fraction of sp³-hybridized carbons (Fsp3) is 0.231. The third-order valence-electron chi connectivity index (χ3n) is 2.99. The Hall–Kier alpha value is -1.61. The van der Waals surface area contributed by atoms with Crippen molar-refractivity contribution < 1.29 is 5.11 Å². The minimum atomic E-state index is 0.113. The summed E-state index contributed by atoms with van der Waals surface area (Å²) in [5.74, 6) is 0.660. The summed E-state index contributed by atoms with van der Waals surface area (Å²) in [5.41, 5.74) is 2.70. The van der Waals surface area contributed by atoms with E-state index in [2.05, 4.69) is 9.97 Å². The van der Waals surface area contributed by atoms with Crippen LogP contribution in [0.5, 0.6) is 5.88 Å². The van der Waals surface area contributed by atoms with Crippen LogP contribution < -0.4 is 0 Å². The van der Waals surface area contributed by atoms with Crippen molar-refractivity contribution >= 4 is 11.6 Å². The summed E-state index contributed by atoms with van der Waals surface area (Å²) in [6.07, 6.45) is 2.83. The predicted molar refractivity (Wildman–Crippen MR) is 66.2 cm³/mol. The van der Waals surface area contributed by atoms with E-state index in [-0.39, 0.29) is 5.88 Å². The number of hydrogen-bond acceptors (Lipinski definition) is 3. The van der Waals surface area contributed by atoms with Gasteiger partial charge in [-0.25, -0.2) is 4.98 Å². The van der Waals surface area contributed by atoms with Crippen molar-refractivity contribution in [2.24, 2.45) is 0 Å². The van der Waals surface area contributed by atoms with Crippen LogP contribution in [0.4, 0.5) is 0 Å². The summed E-state index contributed by atoms with van der Waals surface area (Å²) in [7, 11) is 0. The molecule has 0 radical (unpaired) electrons. The van der Waals surface area contributed by atoms with Gasteiger partial charge in [0.2, 0.25) is 5.88 Å². The van der Waals surface area contributed by atoms with Gasteiger partial charge in [-0.2, -0.15) is 4.98 Å². The van der Waals surface area contributed by atoms with Gasteiger partial charge in [0.25, 0.3) is 0 Å². The van der Waals surface area contributed by atoms with Crippen LogP contribution in [0.3, 0.4) is 0 Å². The molecular formula is C13H11ClN2O. The Morgan fingerprint density at radius 1 is 1.18 bits per heavy atom. The summed E-state index contributed by atoms with van der Waals surface area (Å²) < 4.78 is 0. The van der Waals surface area contributed by atoms with E-state index in [0.29, 0.717) is 10.8 Å². The maximum Gasteiger partial charge on any atom is 0.217 e. The fourth-order valence-electron chi connectivity index (χ4n) is 2.17. The molecule has 3 rings (SSSR count). The Bertz CT molecular complexity index is 584. The van der Waals surface area contributed by atoms with Crippen molar-refractivity contribution in [2.45, 2.75) is 19.3 Å². The van der Waals surface area contributed by atoms with Crippen molar-refractivity contribution in [1.82, 2.24) is 9.97 Å². The number of aryl methyl sites for hydroxylation is 1. The Balaban J connectivity index is 2.13. The van der Waals surface area contributed by atoms with Crippen LogP contribution in [0.15, 0.2) is 24.3 Å². The zero-order valence-electron chi connectivity index (χ0n) is 9.15. The number of rotatable bonds is 1. The smallest absolute Gasteiger partial charge is 0.217 e. The van der Waals surface area contributed by atoms with E-state index < -0.39 is 0 Å². The fourth-order valence-corrected chi connectivity index (χ4v) is 2.36. The largest absolute Gasteiger partial charge is 0.493 e. The Kier molecular flexibility index (Phi) is 2.48. The van der Waals surface area contributed by atoms with E-state index in [0.717, 1.165) is 36.1 Å². The van der Waals surface area contributed by atoms with Crippen LogP contribution in [0, 0.1) is 0 Å². The van der Waals surface area contributed by atoms with Gasteiger partial charge in [0.15, 0.2) is 5.82 Å². The van der Waals surface area contributed by atoms with Crippen LogP contribution in [0.2, 0.25) is 5.02 Å². The van der Waals surface area contributed by atoms with E-state index in [1.165, 1.54) is 0 Å². The molecule has 17 heavy (non-hydrogen) atoms. The van der Waals surface area contributed by atoms with Crippen molar-refractivity contribution in [1.29, 1.82) is 0 Å². The zero-order chi connectivity index (χ0) is 11.8. The lowest BCUT2D eigenvalue weighted by Gasteiger charge is -2.05. The molecule has 0 bridgehead atoms. The summed E-state index contributed by atoms with van der Waals surface area (Å²) in [6, 6.07) is 7.35. The molecule has 0 unspecified atom stereocenters. The highest BCUT2D eigenvalue weighted by Crippen LogP contribution is 2.30. The van der Waals surface area contributed by atoms with Crippen molar-refractivity contribution in [2.75, 3.05) is 0 Å². The maximum absolute atomic E-state index is 9.86. The first-order valence-electron chi connectivity index (χ1n) is 5.59. The van der Waals surface area contributed by atoms with Gasteiger partial charge in [0, 0.05) is 16.1 Å². The van der Waals surface area contributed by atoms with Crippen molar-refractivity contribution in [3.8, 4) is 17.3 Å². The molecule has 1 heterocycles. The summed E-state index contributed by atoms with van der Waals surface area (Å²) >= 11 is 5.93. The molecule has 3 nitrogen and oxygen atoms in total. The molecule has 2 aromatic rings. The molecule has 1 aromatic heterocycles. The predicted octanol–water partition coefficient (Wildman–Crippen LogP) is 2.99. The third-order valence-corrected chi connectivity index (χ3v) is 3.23. The molecule has 0 saturated carbocycles. The Morgan fingerprint density at radius 2 is 2.06 bits per heavy atom. The standard InChI is InChI=1S/C13H11ClN2O/c14-9-4-1-3-8(7-9)12-15-11-6-2-5-10(11)13(17)16-12/h1,3-4,7H,2,5-6H2,(H,15,16,17). The molecule has 1 aliphatic carbocycles. The average Bonchev–Trinajstić information content (AvgIpc) is 2.77. The lowest BCUT2D eigenvalue weighted by atomic mass is 10.2. The highest BCUT2D eigenvalue weighted by molar-refractivity contribution is 6.30. The van der Waals surface area contributed by atoms with Gasteiger partial charge in [-0.05, 0) is 31.4 Å². The number of benzene rings is 1. The minimum absolute atomic E-state index is 0.113. The van der Waals surface area contributed by atoms with E-state index >= 15 is 0 Å². The average molecular weight is 247 g/mol. The van der Waals surface area contributed by atoms with Crippen LogP contribution in [0.25, 0.3) is 11.4 Å². The van der Waals surface area contributed by atoms with Crippen molar-refractivity contribution in [3.05, 3.63) is 40.5 Å². The van der Waals surface area contributed by atoms with Gasteiger partial charge in [0.1, 0.15) is 0 Å². The first-order chi connectivity index (χ1) is 8.24. The lowest BCUT2D eigenvalue weighted by molar-refractivity contribution is 0.446. The van der Waals surface area contributed by atoms with Crippen LogP contribution in [-0.4, -0.2) is 15.1 Å². The van der Waals surface area contributed by atoms with Crippen LogP contribution in [-0.2, 0) is 12.8 Å². The summed E-state index contributed by atoms with van der Waals surface area (Å²) in [5, 5.41) is 10.5. The quantitative estimate of drug-likeness (QED) is 0.841. The maximum atomic E-state index is 9.86. The molecule has 86 valence electrons. The minimum Gasteiger partial charge on any atom is -0.493 e. The van der Waals surface area contributed by atoms with E-state index in [9.17, 15) is 5.11 Å². The lowest BCUT2D eigenvalue weighted by Crippen LogP contribution is -1.96. The Labute approximate surface area is 104 Å². The number of halogens is 1. The second-order valence-electron chi connectivity index (χ2n) is 4.16. The molecule has 1 N–H and O–H groups in total. The summed E-state index contributed by atoms with van der Waals surface area (Å²) in [4.78, 5) is 8.64. The van der Waals surface area contributed by atoms with Crippen LogP contribution in [0.1, 0.15) is 17.7 Å². The van der Waals surface area contributed by atoms with E-state index in [1.54, 1.807) is 12.1 Å². The van der Waals surface area contributed by atoms with Gasteiger partial charge in [-0.1, -0.05) is 23.7 Å². The molecule has 1 aliphatic rings. The second-order valence-corrected chi connectivity index (χ2v) is 4.60. The molecule has 4 heteroatoms. The molecule has 0 aliphatic heterocycles. The topological polar surface area (TPSA) is 46.0 Å². The van der Waals surface area contributed by atoms with Crippen LogP contribution >= 0.6 is 11.6 Å². The van der Waals surface area contributed by atoms with Gasteiger partial charge >= 0.3 is 0 Å². The SMILES string of the molecule is Oc1nc(-c2cccc(Cl)c2)nc2c1CCC2. The molecule has 1 aromatic carbocycles. The molecule has 0 fully saturated rings. The monoisotopic (exact) mass is 246 g/mol. The number of nitrogens with zero attached hydrogens (tertiary/aromatic N) is 2. The zero-order valence-corrected chi connectivity index (χ0v) is 9.91. The van der Waals surface area contributed by atoms with Gasteiger partial charge < -0.3 is 5.11 Å². The number of aromatic nitrogens is 2. The first-order valence-corrected chi connectivity index (χ1v) is 5.96.